The van der Waals surface area contributed by atoms with Crippen molar-refractivity contribution in [1.82, 2.24) is 9.80 Å². The number of amides is 2. The molecule has 0 radical (unpaired) electrons. The van der Waals surface area contributed by atoms with Crippen LogP contribution in [0.2, 0.25) is 0 Å². The largest absolute Gasteiger partial charge is 0.393 e. The van der Waals surface area contributed by atoms with E-state index >= 15 is 0 Å². The quantitative estimate of drug-likeness (QED) is 0.914. The van der Waals surface area contributed by atoms with Crippen molar-refractivity contribution in [3.8, 4) is 0 Å². The van der Waals surface area contributed by atoms with Gasteiger partial charge in [0.25, 0.3) is 0 Å². The van der Waals surface area contributed by atoms with Crippen molar-refractivity contribution >= 4 is 11.8 Å². The highest BCUT2D eigenvalue weighted by atomic mass is 16.3. The highest BCUT2D eigenvalue weighted by Crippen LogP contribution is 2.33. The number of hydrogen-bond acceptors (Lipinski definition) is 3. The molecule has 1 aromatic rings. The molecular formula is C20H28N2O3. The number of fused-ring (bicyclic) bond motifs is 1. The van der Waals surface area contributed by atoms with Crippen LogP contribution in [-0.2, 0) is 16.0 Å². The molecular weight excluding hydrogens is 316 g/mol. The van der Waals surface area contributed by atoms with Crippen molar-refractivity contribution < 1.29 is 14.7 Å². The van der Waals surface area contributed by atoms with Crippen LogP contribution in [0.4, 0.5) is 0 Å². The van der Waals surface area contributed by atoms with Gasteiger partial charge in [-0.1, -0.05) is 24.3 Å². The second kappa shape index (κ2) is 7.56. The first kappa shape index (κ1) is 17.9. The first-order valence-electron chi connectivity index (χ1n) is 9.28. The van der Waals surface area contributed by atoms with Gasteiger partial charge in [-0.05, 0) is 37.3 Å². The third kappa shape index (κ3) is 3.87. The minimum atomic E-state index is -0.389. The summed E-state index contributed by atoms with van der Waals surface area (Å²) in [6.45, 7) is 5.41. The lowest BCUT2D eigenvalue weighted by molar-refractivity contribution is -0.138. The number of nitrogens with zero attached hydrogens (tertiary/aromatic N) is 2. The van der Waals surface area contributed by atoms with Gasteiger partial charge in [-0.15, -0.1) is 0 Å². The molecule has 0 saturated carbocycles. The van der Waals surface area contributed by atoms with Crippen LogP contribution in [0.25, 0.3) is 0 Å². The molecule has 0 aliphatic carbocycles. The number of hydrogen-bond donors (Lipinski definition) is 1. The molecule has 2 aliphatic rings. The average Bonchev–Trinajstić information content (AvgIpc) is 2.61. The molecule has 2 amide bonds. The van der Waals surface area contributed by atoms with Crippen molar-refractivity contribution in [3.05, 3.63) is 35.4 Å². The Hall–Kier alpha value is -1.88. The summed E-state index contributed by atoms with van der Waals surface area (Å²) in [5, 5.41) is 9.85. The SMILES string of the molecule is CC(=O)N1CCc2ccccc2C1CC(=O)N1CCCC(C(C)O)C1. The molecule has 3 rings (SSSR count). The second-order valence-corrected chi connectivity index (χ2v) is 7.36. The first-order valence-corrected chi connectivity index (χ1v) is 9.28. The van der Waals surface area contributed by atoms with Gasteiger partial charge in [0.05, 0.1) is 18.6 Å². The van der Waals surface area contributed by atoms with E-state index in [1.165, 1.54) is 5.56 Å². The summed E-state index contributed by atoms with van der Waals surface area (Å²) in [5.41, 5.74) is 2.33. The molecule has 0 bridgehead atoms. The molecule has 3 atom stereocenters. The predicted octanol–water partition coefficient (Wildman–Crippen LogP) is 2.14. The van der Waals surface area contributed by atoms with E-state index in [9.17, 15) is 14.7 Å². The summed E-state index contributed by atoms with van der Waals surface area (Å²) < 4.78 is 0. The van der Waals surface area contributed by atoms with E-state index in [0.29, 0.717) is 19.5 Å². The molecule has 2 heterocycles. The molecule has 3 unspecified atom stereocenters. The van der Waals surface area contributed by atoms with Crippen molar-refractivity contribution in [2.24, 2.45) is 5.92 Å². The molecule has 0 aromatic heterocycles. The highest BCUT2D eigenvalue weighted by molar-refractivity contribution is 5.80. The lowest BCUT2D eigenvalue weighted by Gasteiger charge is -2.39. The van der Waals surface area contributed by atoms with Gasteiger partial charge in [0.1, 0.15) is 0 Å². The summed E-state index contributed by atoms with van der Waals surface area (Å²) in [6, 6.07) is 7.94. The zero-order valence-corrected chi connectivity index (χ0v) is 15.1. The van der Waals surface area contributed by atoms with Gasteiger partial charge in [0, 0.05) is 32.5 Å². The Balaban J connectivity index is 1.77. The zero-order chi connectivity index (χ0) is 18.0. The summed E-state index contributed by atoms with van der Waals surface area (Å²) in [6.07, 6.45) is 2.67. The van der Waals surface area contributed by atoms with Crippen molar-refractivity contribution in [1.29, 1.82) is 0 Å². The van der Waals surface area contributed by atoms with E-state index in [1.54, 1.807) is 13.8 Å². The van der Waals surface area contributed by atoms with Crippen molar-refractivity contribution in [2.45, 2.75) is 51.7 Å². The predicted molar refractivity (Wildman–Crippen MR) is 95.9 cm³/mol. The highest BCUT2D eigenvalue weighted by Gasteiger charge is 2.33. The third-order valence-electron chi connectivity index (χ3n) is 5.68. The second-order valence-electron chi connectivity index (χ2n) is 7.36. The van der Waals surface area contributed by atoms with Crippen LogP contribution in [0.3, 0.4) is 0 Å². The lowest BCUT2D eigenvalue weighted by atomic mass is 9.89. The maximum atomic E-state index is 12.9. The van der Waals surface area contributed by atoms with Gasteiger partial charge in [-0.2, -0.15) is 0 Å². The fourth-order valence-electron chi connectivity index (χ4n) is 4.17. The van der Waals surface area contributed by atoms with Crippen LogP contribution in [0, 0.1) is 5.92 Å². The maximum Gasteiger partial charge on any atom is 0.225 e. The van der Waals surface area contributed by atoms with Gasteiger partial charge < -0.3 is 14.9 Å². The van der Waals surface area contributed by atoms with Crippen LogP contribution in [0.15, 0.2) is 24.3 Å². The van der Waals surface area contributed by atoms with Crippen LogP contribution in [0.1, 0.15) is 50.3 Å². The monoisotopic (exact) mass is 344 g/mol. The number of benzene rings is 1. The number of likely N-dealkylation sites (tertiary alicyclic amines) is 1. The Morgan fingerprint density at radius 1 is 1.28 bits per heavy atom. The van der Waals surface area contributed by atoms with Crippen LogP contribution < -0.4 is 0 Å². The number of piperidine rings is 1. The first-order chi connectivity index (χ1) is 12.0. The van der Waals surface area contributed by atoms with Gasteiger partial charge in [-0.3, -0.25) is 9.59 Å². The number of carbonyl (C=O) groups is 2. The number of aliphatic hydroxyl groups is 1. The van der Waals surface area contributed by atoms with E-state index in [4.69, 9.17) is 0 Å². The molecule has 25 heavy (non-hydrogen) atoms. The summed E-state index contributed by atoms with van der Waals surface area (Å²) in [7, 11) is 0. The van der Waals surface area contributed by atoms with Gasteiger partial charge >= 0.3 is 0 Å². The van der Waals surface area contributed by atoms with Gasteiger partial charge in [-0.25, -0.2) is 0 Å². The zero-order valence-electron chi connectivity index (χ0n) is 15.1. The Labute approximate surface area is 149 Å². The maximum absolute atomic E-state index is 12.9. The van der Waals surface area contributed by atoms with E-state index in [0.717, 1.165) is 31.4 Å². The number of carbonyl (C=O) groups excluding carboxylic acids is 2. The minimum Gasteiger partial charge on any atom is -0.393 e. The Bertz CT molecular complexity index is 644. The Morgan fingerprint density at radius 2 is 2.04 bits per heavy atom. The summed E-state index contributed by atoms with van der Waals surface area (Å²) in [5.74, 6) is 0.256. The number of aliphatic hydroxyl groups excluding tert-OH is 1. The molecule has 5 heteroatoms. The average molecular weight is 344 g/mol. The third-order valence-corrected chi connectivity index (χ3v) is 5.68. The van der Waals surface area contributed by atoms with Crippen molar-refractivity contribution in [2.75, 3.05) is 19.6 Å². The molecule has 5 nitrogen and oxygen atoms in total. The van der Waals surface area contributed by atoms with E-state index < -0.39 is 0 Å². The summed E-state index contributed by atoms with van der Waals surface area (Å²) in [4.78, 5) is 28.7. The van der Waals surface area contributed by atoms with E-state index in [2.05, 4.69) is 6.07 Å². The topological polar surface area (TPSA) is 60.9 Å². The van der Waals surface area contributed by atoms with Gasteiger partial charge in [0.2, 0.25) is 11.8 Å². The molecule has 1 aromatic carbocycles. The molecule has 136 valence electrons. The van der Waals surface area contributed by atoms with Gasteiger partial charge in [0.15, 0.2) is 0 Å². The van der Waals surface area contributed by atoms with E-state index in [-0.39, 0.29) is 29.9 Å². The molecule has 0 spiro atoms. The molecule has 1 N–H and O–H groups in total. The fourth-order valence-corrected chi connectivity index (χ4v) is 4.17. The van der Waals surface area contributed by atoms with Crippen LogP contribution in [-0.4, -0.2) is 52.5 Å². The fraction of sp³-hybridized carbons (Fsp3) is 0.600. The van der Waals surface area contributed by atoms with E-state index in [1.807, 2.05) is 28.0 Å². The Kier molecular flexibility index (Phi) is 5.42. The lowest BCUT2D eigenvalue weighted by Crippen LogP contribution is -2.46. The smallest absolute Gasteiger partial charge is 0.225 e. The summed E-state index contributed by atoms with van der Waals surface area (Å²) >= 11 is 0. The molecule has 1 saturated heterocycles. The molecule has 2 aliphatic heterocycles. The standard InChI is InChI=1S/C20H28N2O3/c1-14(23)17-7-5-10-21(13-17)20(25)12-19-18-8-4-3-6-16(18)9-11-22(19)15(2)24/h3-4,6,8,14,17,19,23H,5,7,9-13H2,1-2H3. The van der Waals surface area contributed by atoms with Crippen LogP contribution in [0.5, 0.6) is 0 Å². The van der Waals surface area contributed by atoms with Crippen molar-refractivity contribution in [3.63, 3.8) is 0 Å². The normalized spacial score (nSPS) is 24.6. The molecule has 1 fully saturated rings. The number of rotatable bonds is 3. The Morgan fingerprint density at radius 3 is 2.76 bits per heavy atom. The minimum absolute atomic E-state index is 0.0211. The van der Waals surface area contributed by atoms with Crippen LogP contribution >= 0.6 is 0 Å².